The van der Waals surface area contributed by atoms with E-state index in [4.69, 9.17) is 14.2 Å². The number of benzene rings is 2. The number of hydrogen-bond acceptors (Lipinski definition) is 6. The second-order valence-electron chi connectivity index (χ2n) is 6.66. The molecule has 11 heteroatoms. The Labute approximate surface area is 179 Å². The molecule has 1 fully saturated rings. The fourth-order valence-electron chi connectivity index (χ4n) is 3.38. The summed E-state index contributed by atoms with van der Waals surface area (Å²) in [4.78, 5) is 13.4. The van der Waals surface area contributed by atoms with Gasteiger partial charge in [-0.3, -0.25) is 4.79 Å². The molecule has 0 aliphatic carbocycles. The highest BCUT2D eigenvalue weighted by Gasteiger charge is 2.34. The Hall–Kier alpha value is -2.92. The van der Waals surface area contributed by atoms with Crippen molar-refractivity contribution in [3.63, 3.8) is 0 Å². The fraction of sp³-hybridized carbons (Fsp3) is 0.350. The number of amides is 1. The molecule has 0 spiro atoms. The number of piperazine rings is 1. The summed E-state index contributed by atoms with van der Waals surface area (Å²) < 4.78 is 70.1. The summed E-state index contributed by atoms with van der Waals surface area (Å²) in [6, 6.07) is 5.88. The molecule has 0 atom stereocenters. The summed E-state index contributed by atoms with van der Waals surface area (Å²) in [6.45, 7) is -0.117. The van der Waals surface area contributed by atoms with E-state index in [-0.39, 0.29) is 37.6 Å². The number of carbonyl (C=O) groups excluding carboxylic acids is 1. The van der Waals surface area contributed by atoms with Gasteiger partial charge in [0.2, 0.25) is 15.8 Å². The zero-order chi connectivity index (χ0) is 22.8. The van der Waals surface area contributed by atoms with Crippen LogP contribution in [0.5, 0.6) is 17.2 Å². The van der Waals surface area contributed by atoms with Gasteiger partial charge in [0, 0.05) is 31.7 Å². The first-order valence-corrected chi connectivity index (χ1v) is 10.7. The van der Waals surface area contributed by atoms with Gasteiger partial charge >= 0.3 is 0 Å². The van der Waals surface area contributed by atoms with Gasteiger partial charge in [0.05, 0.1) is 21.3 Å². The van der Waals surface area contributed by atoms with Crippen molar-refractivity contribution in [1.82, 2.24) is 9.21 Å². The van der Waals surface area contributed by atoms with E-state index in [2.05, 4.69) is 0 Å². The largest absolute Gasteiger partial charge is 0.493 e. The standard InChI is InChI=1S/C20H22F2N2O6S/c1-28-16-11-13(12-17(29-2)18(16)30-3)20(25)23-7-9-24(10-8-23)31(26,27)19-14(21)5-4-6-15(19)22/h4-6,11-12H,7-10H2,1-3H3. The molecule has 1 heterocycles. The van der Waals surface area contributed by atoms with Gasteiger partial charge < -0.3 is 19.1 Å². The lowest BCUT2D eigenvalue weighted by Gasteiger charge is -2.34. The Morgan fingerprint density at radius 2 is 1.42 bits per heavy atom. The van der Waals surface area contributed by atoms with Crippen LogP contribution in [0.3, 0.4) is 0 Å². The lowest BCUT2D eigenvalue weighted by atomic mass is 10.1. The van der Waals surface area contributed by atoms with Crippen molar-refractivity contribution in [2.24, 2.45) is 0 Å². The highest BCUT2D eigenvalue weighted by Crippen LogP contribution is 2.38. The molecule has 31 heavy (non-hydrogen) atoms. The van der Waals surface area contributed by atoms with Crippen molar-refractivity contribution in [3.05, 3.63) is 47.5 Å². The molecule has 0 aromatic heterocycles. The second kappa shape index (κ2) is 9.06. The first-order chi connectivity index (χ1) is 14.7. The van der Waals surface area contributed by atoms with Crippen LogP contribution in [0.4, 0.5) is 8.78 Å². The molecule has 8 nitrogen and oxygen atoms in total. The Balaban J connectivity index is 1.79. The van der Waals surface area contributed by atoms with Gasteiger partial charge in [-0.15, -0.1) is 0 Å². The minimum Gasteiger partial charge on any atom is -0.493 e. The van der Waals surface area contributed by atoms with Gasteiger partial charge in [-0.25, -0.2) is 17.2 Å². The maximum atomic E-state index is 14.0. The van der Waals surface area contributed by atoms with Crippen LogP contribution in [0.1, 0.15) is 10.4 Å². The number of methoxy groups -OCH3 is 3. The lowest BCUT2D eigenvalue weighted by molar-refractivity contribution is 0.0696. The van der Waals surface area contributed by atoms with Gasteiger partial charge in [0.25, 0.3) is 5.91 Å². The zero-order valence-corrected chi connectivity index (χ0v) is 18.0. The third-order valence-electron chi connectivity index (χ3n) is 4.95. The third-order valence-corrected chi connectivity index (χ3v) is 6.91. The zero-order valence-electron chi connectivity index (χ0n) is 17.2. The lowest BCUT2D eigenvalue weighted by Crippen LogP contribution is -2.50. The summed E-state index contributed by atoms with van der Waals surface area (Å²) in [6.07, 6.45) is 0. The van der Waals surface area contributed by atoms with Crippen molar-refractivity contribution >= 4 is 15.9 Å². The number of nitrogens with zero attached hydrogens (tertiary/aromatic N) is 2. The van der Waals surface area contributed by atoms with E-state index in [9.17, 15) is 22.0 Å². The number of carbonyl (C=O) groups is 1. The summed E-state index contributed by atoms with van der Waals surface area (Å²) in [7, 11) is -0.0791. The average molecular weight is 456 g/mol. The molecule has 1 saturated heterocycles. The van der Waals surface area contributed by atoms with E-state index in [0.717, 1.165) is 22.5 Å². The summed E-state index contributed by atoms with van der Waals surface area (Å²) in [5.74, 6) is -1.73. The fourth-order valence-corrected chi connectivity index (χ4v) is 4.91. The molecule has 0 N–H and O–H groups in total. The van der Waals surface area contributed by atoms with Gasteiger partial charge in [-0.05, 0) is 24.3 Å². The molecule has 3 rings (SSSR count). The molecule has 1 aliphatic rings. The van der Waals surface area contributed by atoms with E-state index < -0.39 is 26.6 Å². The average Bonchev–Trinajstić information content (AvgIpc) is 2.77. The molecule has 0 unspecified atom stereocenters. The topological polar surface area (TPSA) is 85.4 Å². The van der Waals surface area contributed by atoms with Crippen molar-refractivity contribution in [1.29, 1.82) is 0 Å². The first-order valence-electron chi connectivity index (χ1n) is 9.28. The van der Waals surface area contributed by atoms with E-state index in [1.54, 1.807) is 0 Å². The number of ether oxygens (including phenoxy) is 3. The van der Waals surface area contributed by atoms with Crippen molar-refractivity contribution in [3.8, 4) is 17.2 Å². The summed E-state index contributed by atoms with van der Waals surface area (Å²) in [5, 5.41) is 0. The highest BCUT2D eigenvalue weighted by atomic mass is 32.2. The van der Waals surface area contributed by atoms with E-state index in [0.29, 0.717) is 17.2 Å². The van der Waals surface area contributed by atoms with Gasteiger partial charge in [0.15, 0.2) is 16.4 Å². The molecular weight excluding hydrogens is 434 g/mol. The molecule has 1 amide bonds. The van der Waals surface area contributed by atoms with E-state index in [1.165, 1.54) is 38.4 Å². The minimum atomic E-state index is -4.38. The van der Waals surface area contributed by atoms with Gasteiger partial charge in [-0.1, -0.05) is 6.07 Å². The van der Waals surface area contributed by atoms with E-state index >= 15 is 0 Å². The maximum absolute atomic E-state index is 14.0. The maximum Gasteiger partial charge on any atom is 0.254 e. The van der Waals surface area contributed by atoms with Crippen molar-refractivity contribution in [2.45, 2.75) is 4.90 Å². The molecule has 2 aromatic rings. The minimum absolute atomic E-state index is 0.0464. The Morgan fingerprint density at radius 1 is 0.903 bits per heavy atom. The van der Waals surface area contributed by atoms with Crippen LogP contribution < -0.4 is 14.2 Å². The molecule has 0 saturated carbocycles. The monoisotopic (exact) mass is 456 g/mol. The van der Waals surface area contributed by atoms with Gasteiger partial charge in [0.1, 0.15) is 11.6 Å². The number of rotatable bonds is 6. The molecule has 2 aromatic carbocycles. The van der Waals surface area contributed by atoms with Crippen LogP contribution >= 0.6 is 0 Å². The smallest absolute Gasteiger partial charge is 0.254 e. The van der Waals surface area contributed by atoms with Crippen LogP contribution in [0, 0.1) is 11.6 Å². The van der Waals surface area contributed by atoms with Crippen LogP contribution in [-0.2, 0) is 10.0 Å². The van der Waals surface area contributed by atoms with Crippen molar-refractivity contribution in [2.75, 3.05) is 47.5 Å². The quantitative estimate of drug-likeness (QED) is 0.662. The predicted octanol–water partition coefficient (Wildman–Crippen LogP) is 2.14. The van der Waals surface area contributed by atoms with Gasteiger partial charge in [-0.2, -0.15) is 4.31 Å². The number of sulfonamides is 1. The second-order valence-corrected chi connectivity index (χ2v) is 8.54. The molecular formula is C20H22F2N2O6S. The summed E-state index contributed by atoms with van der Waals surface area (Å²) in [5.41, 5.74) is 0.269. The van der Waals surface area contributed by atoms with Crippen LogP contribution in [0.2, 0.25) is 0 Å². The number of halogens is 2. The summed E-state index contributed by atoms with van der Waals surface area (Å²) >= 11 is 0. The van der Waals surface area contributed by atoms with Crippen LogP contribution in [-0.4, -0.2) is 71.0 Å². The molecule has 0 radical (unpaired) electrons. The Kier molecular flexibility index (Phi) is 6.65. The molecule has 0 bridgehead atoms. The van der Waals surface area contributed by atoms with Crippen LogP contribution in [0.15, 0.2) is 35.2 Å². The molecule has 168 valence electrons. The number of hydrogen-bond donors (Lipinski definition) is 0. The van der Waals surface area contributed by atoms with Crippen LogP contribution in [0.25, 0.3) is 0 Å². The highest BCUT2D eigenvalue weighted by molar-refractivity contribution is 7.89. The Morgan fingerprint density at radius 3 is 1.87 bits per heavy atom. The molecule has 1 aliphatic heterocycles. The Bertz CT molecular complexity index is 1040. The first kappa shape index (κ1) is 22.8. The normalized spacial score (nSPS) is 14.9. The van der Waals surface area contributed by atoms with Crippen molar-refractivity contribution < 1.29 is 36.2 Å². The third kappa shape index (κ3) is 4.28. The SMILES string of the molecule is COc1cc(C(=O)N2CCN(S(=O)(=O)c3c(F)cccc3F)CC2)cc(OC)c1OC. The van der Waals surface area contributed by atoms with E-state index in [1.807, 2.05) is 0 Å². The predicted molar refractivity (Wildman–Crippen MR) is 107 cm³/mol.